The van der Waals surface area contributed by atoms with Crippen molar-refractivity contribution in [2.75, 3.05) is 6.61 Å². The second-order valence-electron chi connectivity index (χ2n) is 9.74. The molecular weight excluding hydrogens is 516 g/mol. The predicted molar refractivity (Wildman–Crippen MR) is 129 cm³/mol. The van der Waals surface area contributed by atoms with Crippen molar-refractivity contribution in [3.63, 3.8) is 0 Å². The number of aliphatic hydroxyl groups is 2. The summed E-state index contributed by atoms with van der Waals surface area (Å²) in [6, 6.07) is 1.65. The molecule has 0 unspecified atom stereocenters. The third-order valence-corrected chi connectivity index (χ3v) is 7.21. The lowest BCUT2D eigenvalue weighted by Gasteiger charge is -2.41. The van der Waals surface area contributed by atoms with Gasteiger partial charge in [0.2, 0.25) is 6.29 Å². The van der Waals surface area contributed by atoms with Crippen LogP contribution in [0.2, 0.25) is 0 Å². The molecule has 4 aliphatic rings. The third-order valence-electron chi connectivity index (χ3n) is 7.21. The zero-order chi connectivity index (χ0) is 27.8. The molecule has 1 aromatic rings. The average Bonchev–Trinajstić information content (AvgIpc) is 2.93. The Hall–Kier alpha value is -3.87. The van der Waals surface area contributed by atoms with Crippen molar-refractivity contribution in [2.24, 2.45) is 0 Å². The van der Waals surface area contributed by atoms with Gasteiger partial charge in [-0.25, -0.2) is 14.4 Å². The van der Waals surface area contributed by atoms with Gasteiger partial charge >= 0.3 is 17.9 Å². The van der Waals surface area contributed by atoms with Gasteiger partial charge in [0.25, 0.3) is 0 Å². The van der Waals surface area contributed by atoms with Crippen molar-refractivity contribution in [3.8, 4) is 17.2 Å². The normalized spacial score (nSPS) is 31.2. The number of ether oxygens (including phenoxy) is 4. The minimum absolute atomic E-state index is 0.239. The Morgan fingerprint density at radius 3 is 2.08 bits per heavy atom. The van der Waals surface area contributed by atoms with E-state index in [1.807, 2.05) is 0 Å². The van der Waals surface area contributed by atoms with Crippen molar-refractivity contribution in [2.45, 2.75) is 69.2 Å². The number of hydrogen-bond acceptors (Lipinski definition) is 12. The highest BCUT2D eigenvalue weighted by Gasteiger charge is 2.50. The number of phenols is 3. The van der Waals surface area contributed by atoms with Gasteiger partial charge in [-0.1, -0.05) is 12.2 Å². The molecule has 208 valence electrons. The molecule has 0 spiro atoms. The molecule has 0 radical (unpaired) electrons. The number of allylic oxidation sites excluding steroid dienone is 2. The van der Waals surface area contributed by atoms with Gasteiger partial charge in [0, 0.05) is 0 Å². The van der Waals surface area contributed by atoms with Crippen LogP contribution in [0, 0.1) is 0 Å². The zero-order valence-electron chi connectivity index (χ0n) is 20.7. The molecule has 39 heavy (non-hydrogen) atoms. The maximum Gasteiger partial charge on any atom is 0.340 e. The fourth-order valence-corrected chi connectivity index (χ4v) is 5.20. The van der Waals surface area contributed by atoms with Crippen molar-refractivity contribution >= 4 is 17.9 Å². The summed E-state index contributed by atoms with van der Waals surface area (Å²) in [6.45, 7) is -0.502. The Morgan fingerprint density at radius 2 is 1.46 bits per heavy atom. The monoisotopic (exact) mass is 544 g/mol. The number of rotatable bonds is 2. The number of hydrogen-bond donors (Lipinski definition) is 5. The Bertz CT molecular complexity index is 1270. The van der Waals surface area contributed by atoms with Gasteiger partial charge in [-0.15, -0.1) is 0 Å². The fraction of sp³-hybridized carbons (Fsp3) is 0.444. The van der Waals surface area contributed by atoms with Gasteiger partial charge in [-0.3, -0.25) is 0 Å². The maximum absolute atomic E-state index is 13.4. The van der Waals surface area contributed by atoms with Crippen LogP contribution in [0.1, 0.15) is 48.9 Å². The molecule has 0 amide bonds. The quantitative estimate of drug-likeness (QED) is 0.205. The number of aromatic hydroxyl groups is 3. The summed E-state index contributed by atoms with van der Waals surface area (Å²) >= 11 is 0. The molecular formula is C27H28O12. The zero-order valence-corrected chi connectivity index (χ0v) is 20.7. The summed E-state index contributed by atoms with van der Waals surface area (Å²) in [6.07, 6.45) is -0.888. The van der Waals surface area contributed by atoms with Gasteiger partial charge in [-0.2, -0.15) is 0 Å². The largest absolute Gasteiger partial charge is 0.504 e. The van der Waals surface area contributed by atoms with Crippen LogP contribution < -0.4 is 0 Å². The molecule has 1 fully saturated rings. The highest BCUT2D eigenvalue weighted by atomic mass is 16.7. The van der Waals surface area contributed by atoms with Crippen LogP contribution in [0.25, 0.3) is 0 Å². The summed E-state index contributed by atoms with van der Waals surface area (Å²) in [5.74, 6) is -5.08. The van der Waals surface area contributed by atoms with E-state index < -0.39 is 78.0 Å². The molecule has 5 N–H and O–H groups in total. The first-order valence-corrected chi connectivity index (χ1v) is 12.6. The number of fused-ring (bicyclic) bond motifs is 4. The Balaban J connectivity index is 1.47. The smallest absolute Gasteiger partial charge is 0.340 e. The molecule has 12 heteroatoms. The van der Waals surface area contributed by atoms with Gasteiger partial charge < -0.3 is 44.5 Å². The minimum Gasteiger partial charge on any atom is -0.504 e. The van der Waals surface area contributed by atoms with E-state index in [4.69, 9.17) is 18.9 Å². The van der Waals surface area contributed by atoms with Crippen molar-refractivity contribution in [3.05, 3.63) is 52.1 Å². The lowest BCUT2D eigenvalue weighted by atomic mass is 9.82. The first-order valence-electron chi connectivity index (χ1n) is 12.6. The number of esters is 3. The van der Waals surface area contributed by atoms with E-state index in [1.165, 1.54) is 0 Å². The van der Waals surface area contributed by atoms with Crippen LogP contribution in [0.4, 0.5) is 0 Å². The highest BCUT2D eigenvalue weighted by Crippen LogP contribution is 2.38. The van der Waals surface area contributed by atoms with Crippen LogP contribution in [0.3, 0.4) is 0 Å². The van der Waals surface area contributed by atoms with Crippen LogP contribution in [-0.2, 0) is 28.5 Å². The Morgan fingerprint density at radius 1 is 0.872 bits per heavy atom. The highest BCUT2D eigenvalue weighted by molar-refractivity contribution is 5.98. The van der Waals surface area contributed by atoms with Crippen molar-refractivity contribution < 1.29 is 58.9 Å². The summed E-state index contributed by atoms with van der Waals surface area (Å²) in [5.41, 5.74) is 1.57. The van der Waals surface area contributed by atoms with E-state index in [2.05, 4.69) is 0 Å². The first kappa shape index (κ1) is 26.7. The van der Waals surface area contributed by atoms with Gasteiger partial charge in [-0.05, 0) is 61.8 Å². The molecule has 5 atom stereocenters. The SMILES string of the molecule is O=C1OC[C@H]2O[C@@H](OC(=O)c3cc(O)c(O)c(O)c3)[C@H](O)[C@@H](OC(=O)C3=CCCC/C3=C3\CCCC=C13)[C@@H]2O. The van der Waals surface area contributed by atoms with Gasteiger partial charge in [0.15, 0.2) is 29.5 Å². The predicted octanol–water partition coefficient (Wildman–Crippen LogP) is 1.39. The minimum atomic E-state index is -1.85. The molecule has 2 aliphatic carbocycles. The van der Waals surface area contributed by atoms with Gasteiger partial charge in [0.1, 0.15) is 18.8 Å². The van der Waals surface area contributed by atoms with E-state index in [0.29, 0.717) is 42.4 Å². The second kappa shape index (κ2) is 10.7. The standard InChI is InChI=1S/C27H28O12/c28-17-9-12(10-18(29)20(17)30)24(33)39-27-22(32)23-21(31)19(37-27)11-36-25(34)15-7-3-1-5-13(15)14-6-2-4-8-16(14)26(35)38-23/h7-10,19,21-23,27-32H,1-6,11H2/b14-13-/t19-,21-,22-,23+,27+/m1/s1. The van der Waals surface area contributed by atoms with E-state index >= 15 is 0 Å². The molecule has 0 aromatic heterocycles. The van der Waals surface area contributed by atoms with E-state index in [1.54, 1.807) is 12.2 Å². The van der Waals surface area contributed by atoms with Crippen molar-refractivity contribution in [1.82, 2.24) is 0 Å². The lowest BCUT2D eigenvalue weighted by Crippen LogP contribution is -2.61. The second-order valence-corrected chi connectivity index (χ2v) is 9.74. The third kappa shape index (κ3) is 5.10. The molecule has 2 bridgehead atoms. The van der Waals surface area contributed by atoms with Crippen LogP contribution in [0.15, 0.2) is 46.6 Å². The Kier molecular flexibility index (Phi) is 7.34. The topological polar surface area (TPSA) is 189 Å². The van der Waals surface area contributed by atoms with Crippen LogP contribution in [-0.4, -0.2) is 80.8 Å². The summed E-state index contributed by atoms with van der Waals surface area (Å²) in [7, 11) is 0. The van der Waals surface area contributed by atoms with Crippen LogP contribution >= 0.6 is 0 Å². The van der Waals surface area contributed by atoms with Crippen molar-refractivity contribution in [1.29, 1.82) is 0 Å². The van der Waals surface area contributed by atoms with E-state index in [-0.39, 0.29) is 5.57 Å². The molecule has 2 aliphatic heterocycles. The fourth-order valence-electron chi connectivity index (χ4n) is 5.20. The average molecular weight is 545 g/mol. The molecule has 1 saturated heterocycles. The molecule has 0 saturated carbocycles. The number of benzene rings is 1. The number of carbonyl (C=O) groups is 3. The number of aliphatic hydroxyl groups excluding tert-OH is 2. The summed E-state index contributed by atoms with van der Waals surface area (Å²) in [5, 5.41) is 50.8. The maximum atomic E-state index is 13.4. The first-order chi connectivity index (χ1) is 18.7. The van der Waals surface area contributed by atoms with E-state index in [9.17, 15) is 39.9 Å². The number of cyclic esters (lactones) is 1. The lowest BCUT2D eigenvalue weighted by molar-refractivity contribution is -0.288. The molecule has 1 aromatic carbocycles. The number of carbonyl (C=O) groups excluding carboxylic acids is 3. The van der Waals surface area contributed by atoms with Crippen LogP contribution in [0.5, 0.6) is 17.2 Å². The summed E-state index contributed by atoms with van der Waals surface area (Å²) < 4.78 is 21.8. The van der Waals surface area contributed by atoms with Gasteiger partial charge in [0.05, 0.1) is 16.7 Å². The Labute approximate surface area is 222 Å². The molecule has 5 rings (SSSR count). The summed E-state index contributed by atoms with van der Waals surface area (Å²) in [4.78, 5) is 39.2. The molecule has 12 nitrogen and oxygen atoms in total. The molecule has 2 heterocycles. The number of phenolic OH excluding ortho intramolecular Hbond substituents is 3. The van der Waals surface area contributed by atoms with E-state index in [0.717, 1.165) is 25.0 Å².